The van der Waals surface area contributed by atoms with Gasteiger partial charge in [0, 0.05) is 6.54 Å². The largest absolute Gasteiger partial charge is 0.496 e. The Labute approximate surface area is 148 Å². The monoisotopic (exact) mass is 341 g/mol. The summed E-state index contributed by atoms with van der Waals surface area (Å²) in [5, 5.41) is 2.74. The quantitative estimate of drug-likeness (QED) is 0.750. The molecule has 5 heteroatoms. The highest BCUT2D eigenvalue weighted by Gasteiger charge is 2.10. The molecular weight excluding hydrogens is 318 g/mol. The number of aryl methyl sites for hydroxylation is 1. The topological polar surface area (TPSA) is 64.6 Å². The third kappa shape index (κ3) is 5.64. The average molecular weight is 341 g/mol. The number of rotatable bonds is 8. The van der Waals surface area contributed by atoms with Crippen molar-refractivity contribution < 1.29 is 19.1 Å². The maximum atomic E-state index is 11.9. The highest BCUT2D eigenvalue weighted by molar-refractivity contribution is 5.91. The summed E-state index contributed by atoms with van der Waals surface area (Å²) in [7, 11) is 1.61. The van der Waals surface area contributed by atoms with Crippen LogP contribution in [-0.4, -0.2) is 32.1 Å². The number of benzene rings is 2. The van der Waals surface area contributed by atoms with Gasteiger partial charge in [-0.2, -0.15) is 0 Å². The standard InChI is InChI=1S/C20H23NO4/c1-3-15-8-10-17(11-9-15)20(23)25-14-19(22)21-13-12-16-6-4-5-7-18(16)24-2/h4-11H,3,12-14H2,1-2H3,(H,21,22). The fraction of sp³-hybridized carbons (Fsp3) is 0.300. The molecule has 0 aliphatic heterocycles. The third-order valence-electron chi connectivity index (χ3n) is 3.84. The molecule has 0 aliphatic carbocycles. The summed E-state index contributed by atoms with van der Waals surface area (Å²) in [6, 6.07) is 14.8. The first-order chi connectivity index (χ1) is 12.1. The number of nitrogens with one attached hydrogen (secondary N) is 1. The molecule has 5 nitrogen and oxygen atoms in total. The fourth-order valence-corrected chi connectivity index (χ4v) is 2.39. The van der Waals surface area contributed by atoms with E-state index in [1.54, 1.807) is 19.2 Å². The molecule has 0 heterocycles. The zero-order valence-electron chi connectivity index (χ0n) is 14.6. The van der Waals surface area contributed by atoms with Gasteiger partial charge in [0.1, 0.15) is 5.75 Å². The summed E-state index contributed by atoms with van der Waals surface area (Å²) in [4.78, 5) is 23.7. The molecule has 0 atom stereocenters. The SMILES string of the molecule is CCc1ccc(C(=O)OCC(=O)NCCc2ccccc2OC)cc1. The van der Waals surface area contributed by atoms with Gasteiger partial charge in [-0.1, -0.05) is 37.3 Å². The molecular formula is C20H23NO4. The number of hydrogen-bond donors (Lipinski definition) is 1. The van der Waals surface area contributed by atoms with Crippen molar-refractivity contribution in [2.75, 3.05) is 20.3 Å². The van der Waals surface area contributed by atoms with Crippen LogP contribution < -0.4 is 10.1 Å². The summed E-state index contributed by atoms with van der Waals surface area (Å²) in [5.41, 5.74) is 2.60. The van der Waals surface area contributed by atoms with E-state index in [-0.39, 0.29) is 12.5 Å². The van der Waals surface area contributed by atoms with E-state index >= 15 is 0 Å². The van der Waals surface area contributed by atoms with Crippen LogP contribution in [0.1, 0.15) is 28.4 Å². The van der Waals surface area contributed by atoms with Gasteiger partial charge in [-0.25, -0.2) is 4.79 Å². The molecule has 2 aromatic rings. The number of methoxy groups -OCH3 is 1. The van der Waals surface area contributed by atoms with Crippen LogP contribution in [0.25, 0.3) is 0 Å². The van der Waals surface area contributed by atoms with Crippen LogP contribution in [0.15, 0.2) is 48.5 Å². The molecule has 0 aliphatic rings. The van der Waals surface area contributed by atoms with Crippen LogP contribution in [0.5, 0.6) is 5.75 Å². The zero-order valence-corrected chi connectivity index (χ0v) is 14.6. The Hall–Kier alpha value is -2.82. The highest BCUT2D eigenvalue weighted by Crippen LogP contribution is 2.17. The van der Waals surface area contributed by atoms with Gasteiger partial charge in [0.2, 0.25) is 0 Å². The molecule has 0 radical (unpaired) electrons. The predicted molar refractivity (Wildman–Crippen MR) is 95.8 cm³/mol. The minimum absolute atomic E-state index is 0.291. The number of hydrogen-bond acceptors (Lipinski definition) is 4. The van der Waals surface area contributed by atoms with Crippen LogP contribution in [0.2, 0.25) is 0 Å². The molecule has 0 saturated heterocycles. The lowest BCUT2D eigenvalue weighted by atomic mass is 10.1. The number of carbonyl (C=O) groups is 2. The van der Waals surface area contributed by atoms with Gasteiger partial charge >= 0.3 is 5.97 Å². The van der Waals surface area contributed by atoms with Crippen LogP contribution in [-0.2, 0) is 22.4 Å². The molecule has 0 fully saturated rings. The summed E-state index contributed by atoms with van der Waals surface area (Å²) in [5.74, 6) is -0.0327. The minimum atomic E-state index is -0.498. The van der Waals surface area contributed by atoms with E-state index in [0.29, 0.717) is 18.5 Å². The molecule has 25 heavy (non-hydrogen) atoms. The normalized spacial score (nSPS) is 10.2. The summed E-state index contributed by atoms with van der Waals surface area (Å²) < 4.78 is 10.3. The molecule has 0 spiro atoms. The molecule has 0 unspecified atom stereocenters. The van der Waals surface area contributed by atoms with Crippen molar-refractivity contribution in [3.05, 3.63) is 65.2 Å². The Kier molecular flexibility index (Phi) is 7.01. The number of amides is 1. The number of carbonyl (C=O) groups excluding carboxylic acids is 2. The van der Waals surface area contributed by atoms with Crippen LogP contribution in [0.3, 0.4) is 0 Å². The zero-order chi connectivity index (χ0) is 18.1. The Morgan fingerprint density at radius 3 is 2.44 bits per heavy atom. The Morgan fingerprint density at radius 2 is 1.76 bits per heavy atom. The first-order valence-electron chi connectivity index (χ1n) is 8.28. The van der Waals surface area contributed by atoms with Crippen molar-refractivity contribution in [2.24, 2.45) is 0 Å². The molecule has 0 bridgehead atoms. The second-order valence-electron chi connectivity index (χ2n) is 5.54. The van der Waals surface area contributed by atoms with E-state index in [1.807, 2.05) is 43.3 Å². The second-order valence-corrected chi connectivity index (χ2v) is 5.54. The number of esters is 1. The van der Waals surface area contributed by atoms with E-state index in [4.69, 9.17) is 9.47 Å². The lowest BCUT2D eigenvalue weighted by molar-refractivity contribution is -0.124. The van der Waals surface area contributed by atoms with Crippen LogP contribution in [0.4, 0.5) is 0 Å². The first kappa shape index (κ1) is 18.5. The van der Waals surface area contributed by atoms with Crippen LogP contribution >= 0.6 is 0 Å². The summed E-state index contributed by atoms with van der Waals surface area (Å²) in [6.07, 6.45) is 1.55. The molecule has 1 amide bonds. The molecule has 2 rings (SSSR count). The van der Waals surface area contributed by atoms with E-state index in [1.165, 1.54) is 0 Å². The number of para-hydroxylation sites is 1. The van der Waals surface area contributed by atoms with Gasteiger partial charge in [0.25, 0.3) is 5.91 Å². The maximum absolute atomic E-state index is 11.9. The third-order valence-corrected chi connectivity index (χ3v) is 3.84. The van der Waals surface area contributed by atoms with Gasteiger partial charge in [0.15, 0.2) is 6.61 Å². The lowest BCUT2D eigenvalue weighted by Crippen LogP contribution is -2.30. The van der Waals surface area contributed by atoms with Gasteiger partial charge in [-0.05, 0) is 42.2 Å². The van der Waals surface area contributed by atoms with Crippen LogP contribution in [0, 0.1) is 0 Å². The number of ether oxygens (including phenoxy) is 2. The van der Waals surface area contributed by atoms with E-state index < -0.39 is 5.97 Å². The van der Waals surface area contributed by atoms with Gasteiger partial charge < -0.3 is 14.8 Å². The summed E-state index contributed by atoms with van der Waals surface area (Å²) in [6.45, 7) is 2.20. The van der Waals surface area contributed by atoms with Crippen molar-refractivity contribution in [1.29, 1.82) is 0 Å². The van der Waals surface area contributed by atoms with Gasteiger partial charge in [-0.15, -0.1) is 0 Å². The van der Waals surface area contributed by atoms with E-state index in [2.05, 4.69) is 5.32 Å². The molecule has 0 saturated carbocycles. The Bertz CT molecular complexity index is 710. The lowest BCUT2D eigenvalue weighted by Gasteiger charge is -2.09. The fourth-order valence-electron chi connectivity index (χ4n) is 2.39. The predicted octanol–water partition coefficient (Wildman–Crippen LogP) is 2.77. The highest BCUT2D eigenvalue weighted by atomic mass is 16.5. The van der Waals surface area contributed by atoms with Crippen molar-refractivity contribution in [1.82, 2.24) is 5.32 Å². The molecule has 1 N–H and O–H groups in total. The molecule has 132 valence electrons. The Balaban J connectivity index is 1.73. The molecule has 2 aromatic carbocycles. The summed E-state index contributed by atoms with van der Waals surface area (Å²) >= 11 is 0. The first-order valence-corrected chi connectivity index (χ1v) is 8.28. The minimum Gasteiger partial charge on any atom is -0.496 e. The van der Waals surface area contributed by atoms with E-state index in [9.17, 15) is 9.59 Å². The van der Waals surface area contributed by atoms with Gasteiger partial charge in [-0.3, -0.25) is 4.79 Å². The second kappa shape index (κ2) is 9.47. The molecule has 0 aromatic heterocycles. The smallest absolute Gasteiger partial charge is 0.338 e. The van der Waals surface area contributed by atoms with Crippen molar-refractivity contribution >= 4 is 11.9 Å². The van der Waals surface area contributed by atoms with Crippen molar-refractivity contribution in [2.45, 2.75) is 19.8 Å². The average Bonchev–Trinajstić information content (AvgIpc) is 2.66. The van der Waals surface area contributed by atoms with Gasteiger partial charge in [0.05, 0.1) is 12.7 Å². The van der Waals surface area contributed by atoms with Crippen molar-refractivity contribution in [3.8, 4) is 5.75 Å². The van der Waals surface area contributed by atoms with E-state index in [0.717, 1.165) is 23.3 Å². The van der Waals surface area contributed by atoms with Crippen molar-refractivity contribution in [3.63, 3.8) is 0 Å². The Morgan fingerprint density at radius 1 is 1.04 bits per heavy atom. The maximum Gasteiger partial charge on any atom is 0.338 e.